The first-order chi connectivity index (χ1) is 7.95. The van der Waals surface area contributed by atoms with Crippen molar-refractivity contribution in [3.63, 3.8) is 0 Å². The summed E-state index contributed by atoms with van der Waals surface area (Å²) >= 11 is 6.00. The van der Waals surface area contributed by atoms with Crippen LogP contribution in [0.15, 0.2) is 12.1 Å². The largest absolute Gasteiger partial charge is 0.344 e. The lowest BCUT2D eigenvalue weighted by Gasteiger charge is -2.16. The summed E-state index contributed by atoms with van der Waals surface area (Å²) in [5.74, 6) is -0.425. The average molecular weight is 259 g/mol. The van der Waals surface area contributed by atoms with E-state index < -0.39 is 0 Å². The van der Waals surface area contributed by atoms with Crippen molar-refractivity contribution < 1.29 is 9.18 Å². The molecule has 17 heavy (non-hydrogen) atoms. The van der Waals surface area contributed by atoms with Gasteiger partial charge in [-0.15, -0.1) is 0 Å². The summed E-state index contributed by atoms with van der Waals surface area (Å²) in [6.07, 6.45) is 0.512. The second kappa shape index (κ2) is 5.98. The molecule has 0 bridgehead atoms. The summed E-state index contributed by atoms with van der Waals surface area (Å²) in [6.45, 7) is 2.11. The van der Waals surface area contributed by atoms with Crippen LogP contribution >= 0.6 is 11.6 Å². The Morgan fingerprint density at radius 3 is 2.76 bits per heavy atom. The van der Waals surface area contributed by atoms with Crippen molar-refractivity contribution in [3.05, 3.63) is 34.1 Å². The Hall–Kier alpha value is -1.13. The monoisotopic (exact) mass is 258 g/mol. The first kappa shape index (κ1) is 13.9. The highest BCUT2D eigenvalue weighted by molar-refractivity contribution is 6.31. The van der Waals surface area contributed by atoms with Crippen LogP contribution in [0.2, 0.25) is 5.02 Å². The van der Waals surface area contributed by atoms with Crippen molar-refractivity contribution in [2.45, 2.75) is 13.3 Å². The first-order valence-corrected chi connectivity index (χ1v) is 5.72. The molecular formula is C12H16ClFN2O. The Morgan fingerprint density at radius 1 is 1.53 bits per heavy atom. The van der Waals surface area contributed by atoms with Gasteiger partial charge in [0.25, 0.3) is 0 Å². The molecule has 2 N–H and O–H groups in total. The highest BCUT2D eigenvalue weighted by atomic mass is 35.5. The molecule has 0 heterocycles. The Bertz CT molecular complexity index is 423. The maximum atomic E-state index is 13.3. The number of rotatable bonds is 4. The third-order valence-electron chi connectivity index (χ3n) is 2.64. The maximum absolute atomic E-state index is 13.3. The minimum atomic E-state index is -0.280. The van der Waals surface area contributed by atoms with E-state index in [9.17, 15) is 9.18 Å². The van der Waals surface area contributed by atoms with Crippen LogP contribution in [0.1, 0.15) is 11.1 Å². The number of nitrogens with zero attached hydrogens (tertiary/aromatic N) is 1. The van der Waals surface area contributed by atoms with E-state index >= 15 is 0 Å². The molecule has 5 heteroatoms. The summed E-state index contributed by atoms with van der Waals surface area (Å²) in [5.41, 5.74) is 6.46. The molecule has 0 radical (unpaired) electrons. The molecular weight excluding hydrogens is 243 g/mol. The number of amides is 1. The van der Waals surface area contributed by atoms with Gasteiger partial charge in [-0.25, -0.2) is 4.39 Å². The van der Waals surface area contributed by atoms with E-state index in [-0.39, 0.29) is 18.3 Å². The molecule has 0 unspecified atom stereocenters. The Balaban J connectivity index is 2.70. The number of aryl methyl sites for hydroxylation is 1. The number of hydrogen-bond acceptors (Lipinski definition) is 2. The highest BCUT2D eigenvalue weighted by Gasteiger charge is 2.09. The van der Waals surface area contributed by atoms with Gasteiger partial charge in [-0.05, 0) is 36.6 Å². The topological polar surface area (TPSA) is 46.3 Å². The van der Waals surface area contributed by atoms with Crippen molar-refractivity contribution >= 4 is 17.5 Å². The molecule has 0 saturated heterocycles. The van der Waals surface area contributed by atoms with Crippen molar-refractivity contribution in [2.24, 2.45) is 5.73 Å². The first-order valence-electron chi connectivity index (χ1n) is 5.34. The Morgan fingerprint density at radius 2 is 2.18 bits per heavy atom. The molecule has 0 spiro atoms. The van der Waals surface area contributed by atoms with Crippen LogP contribution in [-0.4, -0.2) is 30.9 Å². The van der Waals surface area contributed by atoms with Gasteiger partial charge in [0.1, 0.15) is 5.82 Å². The summed E-state index contributed by atoms with van der Waals surface area (Å²) in [6, 6.07) is 3.01. The minimum absolute atomic E-state index is 0.0213. The zero-order valence-electron chi connectivity index (χ0n) is 9.96. The van der Waals surface area contributed by atoms with Crippen LogP contribution < -0.4 is 5.73 Å². The molecule has 94 valence electrons. The van der Waals surface area contributed by atoms with Gasteiger partial charge in [-0.1, -0.05) is 11.6 Å². The van der Waals surface area contributed by atoms with E-state index in [0.29, 0.717) is 29.1 Å². The van der Waals surface area contributed by atoms with Gasteiger partial charge in [0.05, 0.1) is 6.54 Å². The Kier molecular flexibility index (Phi) is 4.90. The average Bonchev–Trinajstić information content (AvgIpc) is 2.30. The van der Waals surface area contributed by atoms with Crippen LogP contribution in [0.5, 0.6) is 0 Å². The maximum Gasteiger partial charge on any atom is 0.236 e. The van der Waals surface area contributed by atoms with Crippen molar-refractivity contribution in [1.82, 2.24) is 4.90 Å². The summed E-state index contributed by atoms with van der Waals surface area (Å²) in [4.78, 5) is 12.7. The van der Waals surface area contributed by atoms with E-state index in [4.69, 9.17) is 17.3 Å². The minimum Gasteiger partial charge on any atom is -0.344 e. The van der Waals surface area contributed by atoms with Crippen molar-refractivity contribution in [3.8, 4) is 0 Å². The fourth-order valence-electron chi connectivity index (χ4n) is 1.45. The van der Waals surface area contributed by atoms with Crippen LogP contribution in [0, 0.1) is 12.7 Å². The quantitative estimate of drug-likeness (QED) is 0.894. The summed E-state index contributed by atoms with van der Waals surface area (Å²) in [5, 5.41) is 0.525. The Labute approximate surface area is 105 Å². The zero-order valence-corrected chi connectivity index (χ0v) is 10.7. The van der Waals surface area contributed by atoms with Gasteiger partial charge >= 0.3 is 0 Å². The van der Waals surface area contributed by atoms with Crippen LogP contribution in [-0.2, 0) is 11.2 Å². The van der Waals surface area contributed by atoms with E-state index in [1.165, 1.54) is 11.0 Å². The second-order valence-electron chi connectivity index (χ2n) is 3.96. The molecule has 0 fully saturated rings. The van der Waals surface area contributed by atoms with Crippen molar-refractivity contribution in [1.29, 1.82) is 0 Å². The molecule has 1 rings (SSSR count). The lowest BCUT2D eigenvalue weighted by atomic mass is 10.1. The molecule has 0 aliphatic heterocycles. The predicted molar refractivity (Wildman–Crippen MR) is 66.5 cm³/mol. The van der Waals surface area contributed by atoms with Gasteiger partial charge in [0.2, 0.25) is 5.91 Å². The highest BCUT2D eigenvalue weighted by Crippen LogP contribution is 2.21. The third kappa shape index (κ3) is 3.68. The molecule has 3 nitrogen and oxygen atoms in total. The van der Waals surface area contributed by atoms with Crippen LogP contribution in [0.4, 0.5) is 4.39 Å². The third-order valence-corrected chi connectivity index (χ3v) is 3.00. The van der Waals surface area contributed by atoms with Crippen molar-refractivity contribution in [2.75, 3.05) is 20.1 Å². The molecule has 0 saturated carbocycles. The molecule has 0 aromatic heterocycles. The van der Waals surface area contributed by atoms with E-state index in [1.807, 2.05) is 0 Å². The van der Waals surface area contributed by atoms with Gasteiger partial charge in [-0.3, -0.25) is 4.79 Å². The van der Waals surface area contributed by atoms with E-state index in [2.05, 4.69) is 0 Å². The SMILES string of the molecule is Cc1cc(Cl)c(CCN(C)C(=O)CN)cc1F. The molecule has 1 aromatic carbocycles. The summed E-state index contributed by atoms with van der Waals surface area (Å²) in [7, 11) is 1.66. The van der Waals surface area contributed by atoms with Gasteiger partial charge in [0, 0.05) is 18.6 Å². The molecule has 0 atom stereocenters. The number of nitrogens with two attached hydrogens (primary N) is 1. The number of carbonyl (C=O) groups excluding carboxylic acids is 1. The molecule has 1 aromatic rings. The normalized spacial score (nSPS) is 10.4. The van der Waals surface area contributed by atoms with E-state index in [0.717, 1.165) is 0 Å². The lowest BCUT2D eigenvalue weighted by Crippen LogP contribution is -2.34. The second-order valence-corrected chi connectivity index (χ2v) is 4.37. The lowest BCUT2D eigenvalue weighted by molar-refractivity contribution is -0.128. The van der Waals surface area contributed by atoms with Gasteiger partial charge < -0.3 is 10.6 Å². The van der Waals surface area contributed by atoms with Crippen LogP contribution in [0.3, 0.4) is 0 Å². The smallest absolute Gasteiger partial charge is 0.236 e. The zero-order chi connectivity index (χ0) is 13.0. The predicted octanol–water partition coefficient (Wildman–Crippen LogP) is 1.75. The van der Waals surface area contributed by atoms with Crippen LogP contribution in [0.25, 0.3) is 0 Å². The number of halogens is 2. The molecule has 0 aliphatic rings. The molecule has 0 aliphatic carbocycles. The van der Waals surface area contributed by atoms with E-state index in [1.54, 1.807) is 20.0 Å². The van der Waals surface area contributed by atoms with Gasteiger partial charge in [0.15, 0.2) is 0 Å². The standard InChI is InChI=1S/C12H16ClFN2O/c1-8-5-10(13)9(6-11(8)14)3-4-16(2)12(17)7-15/h5-6H,3-4,7,15H2,1-2H3. The fourth-order valence-corrected chi connectivity index (χ4v) is 1.76. The number of likely N-dealkylation sites (N-methyl/N-ethyl adjacent to an activating group) is 1. The number of carbonyl (C=O) groups is 1. The summed E-state index contributed by atoms with van der Waals surface area (Å²) < 4.78 is 13.3. The number of hydrogen-bond donors (Lipinski definition) is 1. The van der Waals surface area contributed by atoms with Gasteiger partial charge in [-0.2, -0.15) is 0 Å². The number of benzene rings is 1. The fraction of sp³-hybridized carbons (Fsp3) is 0.417. The molecule has 1 amide bonds.